The second kappa shape index (κ2) is 7.81. The van der Waals surface area contributed by atoms with E-state index in [9.17, 15) is 12.8 Å². The number of hydrogen-bond donors (Lipinski definition) is 1. The molecule has 0 spiro atoms. The number of halogens is 2. The van der Waals surface area contributed by atoms with Crippen LogP contribution in [0.1, 0.15) is 24.3 Å². The van der Waals surface area contributed by atoms with E-state index in [1.54, 1.807) is 24.3 Å². The van der Waals surface area contributed by atoms with Crippen LogP contribution in [-0.2, 0) is 16.9 Å². The van der Waals surface area contributed by atoms with Crippen LogP contribution in [0.25, 0.3) is 22.4 Å². The van der Waals surface area contributed by atoms with Crippen molar-refractivity contribution >= 4 is 33.3 Å². The SMILES string of the molecule is Cl.Cn1c(-c2ccc(S(C)(=O)=O)cc2)nc2cc(F)c(C3CCNCC3)cc21. The second-order valence-electron chi connectivity index (χ2n) is 7.18. The Balaban J connectivity index is 0.00000225. The smallest absolute Gasteiger partial charge is 0.175 e. The van der Waals surface area contributed by atoms with Gasteiger partial charge in [0, 0.05) is 24.9 Å². The molecule has 1 saturated heterocycles. The molecule has 28 heavy (non-hydrogen) atoms. The zero-order valence-corrected chi connectivity index (χ0v) is 17.4. The van der Waals surface area contributed by atoms with Crippen LogP contribution in [-0.4, -0.2) is 37.3 Å². The second-order valence-corrected chi connectivity index (χ2v) is 9.19. The van der Waals surface area contributed by atoms with E-state index >= 15 is 0 Å². The van der Waals surface area contributed by atoms with Crippen LogP contribution in [0.15, 0.2) is 41.3 Å². The van der Waals surface area contributed by atoms with Gasteiger partial charge in [-0.2, -0.15) is 0 Å². The van der Waals surface area contributed by atoms with Crippen molar-refractivity contribution in [2.45, 2.75) is 23.7 Å². The number of nitrogens with zero attached hydrogens (tertiary/aromatic N) is 2. The van der Waals surface area contributed by atoms with Gasteiger partial charge in [-0.05, 0) is 67.7 Å². The number of aryl methyl sites for hydroxylation is 1. The molecule has 0 amide bonds. The number of fused-ring (bicyclic) bond motifs is 1. The van der Waals surface area contributed by atoms with Crippen LogP contribution in [0, 0.1) is 5.82 Å². The summed E-state index contributed by atoms with van der Waals surface area (Å²) < 4.78 is 39.9. The quantitative estimate of drug-likeness (QED) is 0.698. The number of imidazole rings is 1. The van der Waals surface area contributed by atoms with Gasteiger partial charge in [0.25, 0.3) is 0 Å². The van der Waals surface area contributed by atoms with Gasteiger partial charge in [-0.25, -0.2) is 17.8 Å². The Kier molecular flexibility index (Phi) is 5.79. The van der Waals surface area contributed by atoms with Gasteiger partial charge in [0.1, 0.15) is 11.6 Å². The molecular formula is C20H23ClFN3O2S. The van der Waals surface area contributed by atoms with E-state index in [1.165, 1.54) is 12.3 Å². The number of piperidine rings is 1. The van der Waals surface area contributed by atoms with Crippen molar-refractivity contribution in [3.8, 4) is 11.4 Å². The summed E-state index contributed by atoms with van der Waals surface area (Å²) in [5, 5.41) is 3.31. The lowest BCUT2D eigenvalue weighted by Crippen LogP contribution is -2.27. The Hall–Kier alpha value is -1.96. The van der Waals surface area contributed by atoms with Crippen LogP contribution in [0.5, 0.6) is 0 Å². The normalized spacial score (nSPS) is 15.5. The number of sulfone groups is 1. The Morgan fingerprint density at radius 2 is 1.79 bits per heavy atom. The largest absolute Gasteiger partial charge is 0.327 e. The van der Waals surface area contributed by atoms with Crippen molar-refractivity contribution in [2.24, 2.45) is 7.05 Å². The molecule has 2 aromatic carbocycles. The summed E-state index contributed by atoms with van der Waals surface area (Å²) in [6.07, 6.45) is 3.04. The summed E-state index contributed by atoms with van der Waals surface area (Å²) in [7, 11) is -1.34. The molecule has 3 aromatic rings. The molecule has 0 atom stereocenters. The molecular weight excluding hydrogens is 401 g/mol. The van der Waals surface area contributed by atoms with Crippen LogP contribution in [0.4, 0.5) is 4.39 Å². The minimum atomic E-state index is -3.24. The topological polar surface area (TPSA) is 64.0 Å². The van der Waals surface area contributed by atoms with Gasteiger partial charge in [0.05, 0.1) is 15.9 Å². The van der Waals surface area contributed by atoms with E-state index < -0.39 is 9.84 Å². The van der Waals surface area contributed by atoms with Gasteiger partial charge in [-0.15, -0.1) is 12.4 Å². The van der Waals surface area contributed by atoms with Crippen LogP contribution in [0.2, 0.25) is 0 Å². The van der Waals surface area contributed by atoms with E-state index in [0.29, 0.717) is 11.3 Å². The third-order valence-electron chi connectivity index (χ3n) is 5.32. The predicted molar refractivity (Wildman–Crippen MR) is 111 cm³/mol. The highest BCUT2D eigenvalue weighted by atomic mass is 35.5. The molecule has 150 valence electrons. The molecule has 1 N–H and O–H groups in total. The van der Waals surface area contributed by atoms with E-state index in [-0.39, 0.29) is 29.0 Å². The molecule has 1 aliphatic rings. The monoisotopic (exact) mass is 423 g/mol. The first-order valence-electron chi connectivity index (χ1n) is 9.01. The van der Waals surface area contributed by atoms with E-state index in [1.807, 2.05) is 17.7 Å². The van der Waals surface area contributed by atoms with Gasteiger partial charge in [-0.1, -0.05) is 0 Å². The summed E-state index contributed by atoms with van der Waals surface area (Å²) in [4.78, 5) is 4.85. The summed E-state index contributed by atoms with van der Waals surface area (Å²) in [5.41, 5.74) is 3.04. The van der Waals surface area contributed by atoms with Gasteiger partial charge >= 0.3 is 0 Å². The highest BCUT2D eigenvalue weighted by Crippen LogP contribution is 2.32. The standard InChI is InChI=1S/C20H22FN3O2S.ClH/c1-24-19-11-16(13-7-9-22-10-8-13)17(21)12-18(19)23-20(24)14-3-5-15(6-4-14)27(2,25)26;/h3-6,11-13,22H,7-10H2,1-2H3;1H. The van der Waals surface area contributed by atoms with Gasteiger partial charge in [0.2, 0.25) is 0 Å². The van der Waals surface area contributed by atoms with Crippen molar-refractivity contribution < 1.29 is 12.8 Å². The first-order valence-corrected chi connectivity index (χ1v) is 10.9. The number of hydrogen-bond acceptors (Lipinski definition) is 4. The molecule has 5 nitrogen and oxygen atoms in total. The molecule has 1 aromatic heterocycles. The maximum atomic E-state index is 14.7. The summed E-state index contributed by atoms with van der Waals surface area (Å²) in [5.74, 6) is 0.710. The zero-order chi connectivity index (χ0) is 19.2. The molecule has 1 aliphatic heterocycles. The minimum Gasteiger partial charge on any atom is -0.327 e. The lowest BCUT2D eigenvalue weighted by atomic mass is 9.89. The first-order chi connectivity index (χ1) is 12.8. The van der Waals surface area contributed by atoms with Gasteiger partial charge in [0.15, 0.2) is 9.84 Å². The van der Waals surface area contributed by atoms with Gasteiger partial charge in [-0.3, -0.25) is 0 Å². The minimum absolute atomic E-state index is 0. The fourth-order valence-corrected chi connectivity index (χ4v) is 4.41. The summed E-state index contributed by atoms with van der Waals surface area (Å²) in [6.45, 7) is 1.82. The molecule has 4 rings (SSSR count). The Morgan fingerprint density at radius 3 is 2.39 bits per heavy atom. The van der Waals surface area contributed by atoms with Crippen molar-refractivity contribution in [1.82, 2.24) is 14.9 Å². The lowest BCUT2D eigenvalue weighted by molar-refractivity contribution is 0.445. The molecule has 1 fully saturated rings. The highest BCUT2D eigenvalue weighted by molar-refractivity contribution is 7.90. The number of benzene rings is 2. The predicted octanol–water partition coefficient (Wildman–Crippen LogP) is 3.67. The van der Waals surface area contributed by atoms with Crippen molar-refractivity contribution in [3.05, 3.63) is 47.8 Å². The maximum absolute atomic E-state index is 14.7. The molecule has 0 aliphatic carbocycles. The average molecular weight is 424 g/mol. The molecule has 0 radical (unpaired) electrons. The Labute approximate surface area is 170 Å². The van der Waals surface area contributed by atoms with Crippen LogP contribution < -0.4 is 5.32 Å². The maximum Gasteiger partial charge on any atom is 0.175 e. The van der Waals surface area contributed by atoms with E-state index in [0.717, 1.165) is 42.6 Å². The summed E-state index contributed by atoms with van der Waals surface area (Å²) in [6, 6.07) is 10.1. The third kappa shape index (κ3) is 3.79. The molecule has 2 heterocycles. The lowest BCUT2D eigenvalue weighted by Gasteiger charge is -2.23. The molecule has 0 unspecified atom stereocenters. The molecule has 0 bridgehead atoms. The number of rotatable bonds is 3. The molecule has 8 heteroatoms. The van der Waals surface area contributed by atoms with E-state index in [2.05, 4.69) is 10.3 Å². The first kappa shape index (κ1) is 20.8. The van der Waals surface area contributed by atoms with E-state index in [4.69, 9.17) is 0 Å². The highest BCUT2D eigenvalue weighted by Gasteiger charge is 2.21. The fourth-order valence-electron chi connectivity index (χ4n) is 3.78. The van der Waals surface area contributed by atoms with Crippen LogP contribution in [0.3, 0.4) is 0 Å². The Bertz CT molecular complexity index is 1100. The van der Waals surface area contributed by atoms with Gasteiger partial charge < -0.3 is 9.88 Å². The van der Waals surface area contributed by atoms with Crippen molar-refractivity contribution in [2.75, 3.05) is 19.3 Å². The average Bonchev–Trinajstić information content (AvgIpc) is 2.97. The zero-order valence-electron chi connectivity index (χ0n) is 15.8. The third-order valence-corrected chi connectivity index (χ3v) is 6.45. The number of aromatic nitrogens is 2. The number of nitrogens with one attached hydrogen (secondary N) is 1. The van der Waals surface area contributed by atoms with Crippen LogP contribution >= 0.6 is 12.4 Å². The summed E-state index contributed by atoms with van der Waals surface area (Å²) >= 11 is 0. The Morgan fingerprint density at radius 1 is 1.14 bits per heavy atom. The van der Waals surface area contributed by atoms with Crippen molar-refractivity contribution in [3.63, 3.8) is 0 Å². The molecule has 0 saturated carbocycles. The van der Waals surface area contributed by atoms with Crippen molar-refractivity contribution in [1.29, 1.82) is 0 Å². The fraction of sp³-hybridized carbons (Fsp3) is 0.350.